The molecule has 0 bridgehead atoms. The van der Waals surface area contributed by atoms with Crippen molar-refractivity contribution in [2.24, 2.45) is 40.7 Å². The van der Waals surface area contributed by atoms with E-state index < -0.39 is 193 Å². The first kappa shape index (κ1) is 95.4. The SMILES string of the molecule is CC[C@H](C)[C@@H]1NC(=O)[C@@H](CC(C)=O)CCCn2nncc2CCC[C@@H](C(=O)C[C@@H](Cc2ccccc2)C(=O)NC(CC(N)=O)C(=O)N[C@@H](C)C(=O)NC(Cc2ccc(O)cc2)C(=O)N[C@@H](Cc2ccc(O)cc2)C(=O)NC(C)C(=O)N[C@@H](CCCNC(=N)N)C(=O)NC(CCCNC(=N)N)C(N)=O)NC(=O)[C@H](CC(=O)O)NC(=O)CNC1=O. The van der Waals surface area contributed by atoms with E-state index in [2.05, 4.69) is 79.4 Å². The molecule has 0 fully saturated rings. The molecule has 1 aromatic heterocycles. The summed E-state index contributed by atoms with van der Waals surface area (Å²) in [6.07, 6.45) is -1.05. The van der Waals surface area contributed by atoms with Crippen molar-refractivity contribution in [3.8, 4) is 11.5 Å². The Morgan fingerprint density at radius 1 is 0.568 bits per heavy atom. The molecule has 3 aromatic carbocycles. The van der Waals surface area contributed by atoms with E-state index in [0.717, 1.165) is 0 Å². The number of hydrogen-bond acceptors (Lipinski definition) is 22. The molecule has 0 aliphatic carbocycles. The van der Waals surface area contributed by atoms with Crippen LogP contribution in [0, 0.1) is 28.6 Å². The number of phenolic OH excluding ortho intramolecular Hbond substituents is 2. The van der Waals surface area contributed by atoms with Crippen molar-refractivity contribution in [1.29, 1.82) is 10.8 Å². The number of nitrogens with zero attached hydrogens (tertiary/aromatic N) is 3. The number of aromatic hydroxyl groups is 2. The number of carbonyl (C=O) groups is 16. The standard InChI is InChI=1S/C77H110N22O19/c1-6-41(2)64-75(118)86-40-62(105)90-59(38-63(106)107)74(117)91-53(18-10-17-50-39-87-98-99(50)31-13-16-48(32-42(3)100)68(111)97-64)60(103)36-49(33-45-14-8-7-9-15-45)69(112)95-58(37-61(78)104)72(115)89-44(5)67(110)94-57(35-47-23-27-52(102)28-24-47)73(116)96-56(34-46-21-25-51(101)26-22-46)71(114)88-43(4)66(109)93-55(20-12-30-85-77(82)83)70(113)92-54(65(79)108)19-11-29-84-76(80)81/h7-9,14-15,21-28,39,41,43-44,48-49,53-59,64,101-102H,6,10-13,16-20,29-38,40H2,1-5H3,(H2,78,104)(H2,79,108)(H,86,118)(H,88,114)(H,89,115)(H,90,105)(H,91,117)(H,92,113)(H,93,109)(H,94,110)(H,95,112)(H,96,116)(H,97,111)(H,106,107)(H4,80,81,84)(H4,82,83,85)/t41-,43?,44-,48+,49+,53-,54?,55-,56-,57?,58?,59-,64-/m0/s1. The maximum Gasteiger partial charge on any atom is 0.305 e. The molecular weight excluding hydrogens is 1540 g/mol. The summed E-state index contributed by atoms with van der Waals surface area (Å²) in [7, 11) is 0. The summed E-state index contributed by atoms with van der Waals surface area (Å²) in [4.78, 5) is 221. The number of Topliss-reactive ketones (excluding diaryl/α,β-unsaturated/α-hetero) is 2. The fraction of sp³-hybridized carbons (Fsp3) is 0.506. The third kappa shape index (κ3) is 33.7. The van der Waals surface area contributed by atoms with Crippen molar-refractivity contribution in [3.63, 3.8) is 0 Å². The molecule has 0 saturated heterocycles. The second-order valence-electron chi connectivity index (χ2n) is 29.1. The Labute approximate surface area is 680 Å². The van der Waals surface area contributed by atoms with Crippen LogP contribution in [-0.4, -0.2) is 217 Å². The van der Waals surface area contributed by atoms with Crippen molar-refractivity contribution in [2.75, 3.05) is 19.6 Å². The number of nitrogens with two attached hydrogens (primary N) is 4. The molecule has 5 rings (SSSR count). The van der Waals surface area contributed by atoms with Gasteiger partial charge in [-0.25, -0.2) is 4.68 Å². The van der Waals surface area contributed by atoms with Gasteiger partial charge in [-0.05, 0) is 132 Å². The number of nitrogens with one attached hydrogen (secondary N) is 15. The number of rotatable bonds is 40. The highest BCUT2D eigenvalue weighted by Crippen LogP contribution is 2.22. The lowest BCUT2D eigenvalue weighted by Crippen LogP contribution is -2.60. The maximum absolute atomic E-state index is 15.0. The fourth-order valence-electron chi connectivity index (χ4n) is 12.7. The topological polar surface area (TPSA) is 673 Å². The molecule has 26 N–H and O–H groups in total. The molecule has 1 aliphatic heterocycles. The highest BCUT2D eigenvalue weighted by molar-refractivity contribution is 6.01. The van der Waals surface area contributed by atoms with Gasteiger partial charge in [-0.1, -0.05) is 80.1 Å². The largest absolute Gasteiger partial charge is 0.508 e. The van der Waals surface area contributed by atoms with Crippen molar-refractivity contribution in [1.82, 2.24) is 84.1 Å². The average Bonchev–Trinajstić information content (AvgIpc) is 0.929. The normalized spacial score (nSPS) is 17.8. The molecule has 0 saturated carbocycles. The van der Waals surface area contributed by atoms with Gasteiger partial charge in [0, 0.05) is 57.2 Å². The third-order valence-electron chi connectivity index (χ3n) is 19.4. The number of guanidine groups is 2. The number of aliphatic carboxylic acids is 1. The monoisotopic (exact) mass is 1650 g/mol. The summed E-state index contributed by atoms with van der Waals surface area (Å²) in [5.74, 6) is -19.2. The maximum atomic E-state index is 15.0. The summed E-state index contributed by atoms with van der Waals surface area (Å²) in [5.41, 5.74) is 23.8. The molecule has 4 aromatic rings. The number of benzene rings is 3. The van der Waals surface area contributed by atoms with Crippen LogP contribution in [-0.2, 0) is 109 Å². The lowest BCUT2D eigenvalue weighted by molar-refractivity contribution is -0.141. The van der Waals surface area contributed by atoms with Crippen LogP contribution < -0.4 is 92.1 Å². The number of phenols is 2. The summed E-state index contributed by atoms with van der Waals surface area (Å²) in [5, 5.41) is 86.3. The Morgan fingerprint density at radius 3 is 1.61 bits per heavy atom. The van der Waals surface area contributed by atoms with Crippen LogP contribution in [0.1, 0.15) is 140 Å². The average molecular weight is 1650 g/mol. The van der Waals surface area contributed by atoms with Crippen LogP contribution in [0.3, 0.4) is 0 Å². The van der Waals surface area contributed by atoms with E-state index in [4.69, 9.17) is 33.8 Å². The molecule has 1 aliphatic rings. The first-order chi connectivity index (χ1) is 55.9. The minimum Gasteiger partial charge on any atom is -0.508 e. The van der Waals surface area contributed by atoms with E-state index in [1.807, 2.05) is 0 Å². The van der Waals surface area contributed by atoms with Gasteiger partial charge in [-0.2, -0.15) is 0 Å². The van der Waals surface area contributed by atoms with E-state index in [-0.39, 0.29) is 126 Å². The van der Waals surface area contributed by atoms with Crippen LogP contribution in [0.4, 0.5) is 0 Å². The van der Waals surface area contributed by atoms with E-state index in [9.17, 15) is 87.2 Å². The lowest BCUT2D eigenvalue weighted by Gasteiger charge is -2.27. The van der Waals surface area contributed by atoms with Crippen molar-refractivity contribution >= 4 is 106 Å². The number of hydrogen-bond donors (Lipinski definition) is 22. The molecular formula is C77H110N22O19. The highest BCUT2D eigenvalue weighted by Gasteiger charge is 2.38. The number of aryl methyl sites for hydroxylation is 2. The van der Waals surface area contributed by atoms with Gasteiger partial charge >= 0.3 is 5.97 Å². The summed E-state index contributed by atoms with van der Waals surface area (Å²) in [6.45, 7) is 6.85. The Morgan fingerprint density at radius 2 is 1.08 bits per heavy atom. The number of fused-ring (bicyclic) bond motifs is 1. The Kier molecular flexibility index (Phi) is 39.1. The Bertz CT molecular complexity index is 4190. The second kappa shape index (κ2) is 48.3. The molecule has 13 amide bonds. The highest BCUT2D eigenvalue weighted by atomic mass is 16.4. The van der Waals surface area contributed by atoms with Crippen molar-refractivity contribution in [2.45, 2.75) is 211 Å². The van der Waals surface area contributed by atoms with Gasteiger partial charge in [-0.3, -0.25) is 82.7 Å². The third-order valence-corrected chi connectivity index (χ3v) is 19.4. The number of amides is 13. The van der Waals surface area contributed by atoms with Gasteiger partial charge in [0.1, 0.15) is 71.7 Å². The van der Waals surface area contributed by atoms with Crippen LogP contribution in [0.2, 0.25) is 0 Å². The van der Waals surface area contributed by atoms with Gasteiger partial charge in [0.05, 0.1) is 37.3 Å². The van der Waals surface area contributed by atoms with Gasteiger partial charge < -0.3 is 112 Å². The van der Waals surface area contributed by atoms with E-state index in [0.29, 0.717) is 35.2 Å². The van der Waals surface area contributed by atoms with Crippen molar-refractivity contribution < 1.29 is 92.0 Å². The van der Waals surface area contributed by atoms with E-state index >= 15 is 4.79 Å². The summed E-state index contributed by atoms with van der Waals surface area (Å²) < 4.78 is 1.55. The number of carbonyl (C=O) groups excluding carboxylic acids is 15. The molecule has 2 heterocycles. The van der Waals surface area contributed by atoms with Gasteiger partial charge in [0.2, 0.25) is 76.8 Å². The quantitative estimate of drug-likeness (QED) is 0.0115. The van der Waals surface area contributed by atoms with Crippen LogP contribution in [0.25, 0.3) is 0 Å². The van der Waals surface area contributed by atoms with Gasteiger partial charge in [0.25, 0.3) is 0 Å². The second-order valence-corrected chi connectivity index (χ2v) is 29.1. The first-order valence-electron chi connectivity index (χ1n) is 38.6. The van der Waals surface area contributed by atoms with Crippen LogP contribution in [0.5, 0.6) is 11.5 Å². The molecule has 13 atom stereocenters. The molecule has 0 spiro atoms. The fourth-order valence-corrected chi connectivity index (χ4v) is 12.7. The van der Waals surface area contributed by atoms with E-state index in [1.165, 1.54) is 75.5 Å². The number of carboxylic acids is 1. The zero-order valence-electron chi connectivity index (χ0n) is 66.5. The number of primary amides is 2. The van der Waals surface area contributed by atoms with Gasteiger partial charge in [0.15, 0.2) is 17.7 Å². The minimum atomic E-state index is -1.88. The predicted molar refractivity (Wildman–Crippen MR) is 425 cm³/mol. The first-order valence-corrected chi connectivity index (χ1v) is 38.6. The molecule has 642 valence electrons. The predicted octanol–water partition coefficient (Wildman–Crippen LogP) is -3.88. The summed E-state index contributed by atoms with van der Waals surface area (Å²) in [6, 6.07) is 3.63. The van der Waals surface area contributed by atoms with Crippen molar-refractivity contribution in [3.05, 3.63) is 107 Å². The molecule has 4 unspecified atom stereocenters. The Hall–Kier alpha value is -13.1. The molecule has 0 radical (unpaired) electrons. The minimum absolute atomic E-state index is 0.00349. The number of aromatic nitrogens is 3. The molecule has 41 heteroatoms. The zero-order valence-corrected chi connectivity index (χ0v) is 66.5. The molecule has 118 heavy (non-hydrogen) atoms. The zero-order chi connectivity index (χ0) is 87.3. The van der Waals surface area contributed by atoms with E-state index in [1.54, 1.807) is 48.9 Å². The van der Waals surface area contributed by atoms with Gasteiger partial charge in [-0.15, -0.1) is 5.10 Å². The molecule has 41 nitrogen and oxygen atoms in total. The number of carboxylic acid groups (broad SMARTS) is 1. The Balaban J connectivity index is 1.41. The number of ketones is 2. The van der Waals surface area contributed by atoms with Crippen LogP contribution in [0.15, 0.2) is 85.1 Å². The van der Waals surface area contributed by atoms with Crippen LogP contribution >= 0.6 is 0 Å². The lowest BCUT2D eigenvalue weighted by atomic mass is 9.89. The summed E-state index contributed by atoms with van der Waals surface area (Å²) >= 11 is 0. The smallest absolute Gasteiger partial charge is 0.305 e.